The van der Waals surface area contributed by atoms with Gasteiger partial charge in [0.2, 0.25) is 0 Å². The average molecular weight is 209 g/mol. The topological polar surface area (TPSA) is 80.2 Å². The zero-order valence-corrected chi connectivity index (χ0v) is 8.28. The van der Waals surface area contributed by atoms with Crippen LogP contribution in [0.15, 0.2) is 0 Å². The van der Waals surface area contributed by atoms with Gasteiger partial charge in [-0.1, -0.05) is 0 Å². The molecule has 0 atom stereocenters. The van der Waals surface area contributed by atoms with Crippen LogP contribution in [0.1, 0.15) is 0 Å². The Bertz CT molecular complexity index is 91.7. The Morgan fingerprint density at radius 2 is 1.43 bits per heavy atom. The van der Waals surface area contributed by atoms with Crippen LogP contribution >= 0.6 is 0 Å². The van der Waals surface area contributed by atoms with Crippen molar-refractivity contribution in [2.45, 2.75) is 0 Å². The molecular weight excluding hydrogens is 190 g/mol. The van der Waals surface area contributed by atoms with Crippen LogP contribution in [0.4, 0.5) is 0 Å². The minimum absolute atomic E-state index is 0.0359. The molecule has 0 aliphatic carbocycles. The molecule has 0 fully saturated rings. The summed E-state index contributed by atoms with van der Waals surface area (Å²) >= 11 is 0. The first-order valence-corrected chi connectivity index (χ1v) is 4.63. The second-order valence-corrected chi connectivity index (χ2v) is 2.41. The number of aliphatic hydroxyl groups excluding tert-OH is 2. The molecule has 0 aromatic rings. The summed E-state index contributed by atoms with van der Waals surface area (Å²) in [5, 5.41) is 16.8. The largest absolute Gasteiger partial charge is 0.395 e. The Kier molecular flexibility index (Phi) is 12.5. The Hall–Kier alpha value is -0.240. The number of aliphatic hydroxyl groups is 2. The van der Waals surface area contributed by atoms with Crippen LogP contribution in [0.2, 0.25) is 0 Å². The zero-order chi connectivity index (χ0) is 10.5. The first-order chi connectivity index (χ1) is 6.91. The molecular formula is C8H19NO5. The van der Waals surface area contributed by atoms with Gasteiger partial charge in [0, 0.05) is 6.54 Å². The maximum absolute atomic E-state index is 8.38. The molecule has 0 rings (SSSR count). The minimum Gasteiger partial charge on any atom is -0.395 e. The first kappa shape index (κ1) is 13.8. The molecule has 6 heteroatoms. The molecule has 0 saturated heterocycles. The normalized spacial score (nSPS) is 10.7. The average Bonchev–Trinajstić information content (AvgIpc) is 2.21. The van der Waals surface area contributed by atoms with E-state index in [1.54, 1.807) is 0 Å². The van der Waals surface area contributed by atoms with Crippen LogP contribution < -0.4 is 5.48 Å². The fourth-order valence-corrected chi connectivity index (χ4v) is 0.677. The lowest BCUT2D eigenvalue weighted by atomic mass is 10.7. The quantitative estimate of drug-likeness (QED) is 0.285. The van der Waals surface area contributed by atoms with Crippen molar-refractivity contribution in [1.82, 2.24) is 5.48 Å². The van der Waals surface area contributed by atoms with E-state index in [2.05, 4.69) is 5.48 Å². The summed E-state index contributed by atoms with van der Waals surface area (Å²) in [5.74, 6) is 0. The molecule has 86 valence electrons. The molecule has 0 spiro atoms. The van der Waals surface area contributed by atoms with E-state index in [-0.39, 0.29) is 13.2 Å². The van der Waals surface area contributed by atoms with E-state index in [4.69, 9.17) is 24.5 Å². The maximum Gasteiger partial charge on any atom is 0.0916 e. The van der Waals surface area contributed by atoms with Crippen molar-refractivity contribution in [2.24, 2.45) is 0 Å². The van der Waals surface area contributed by atoms with E-state index in [0.717, 1.165) is 0 Å². The number of hydrogen-bond donors (Lipinski definition) is 3. The highest BCUT2D eigenvalue weighted by Gasteiger charge is 1.90. The maximum atomic E-state index is 8.38. The van der Waals surface area contributed by atoms with E-state index in [1.165, 1.54) is 0 Å². The Balaban J connectivity index is 2.78. The van der Waals surface area contributed by atoms with Crippen LogP contribution in [0.3, 0.4) is 0 Å². The molecule has 0 bridgehead atoms. The summed E-state index contributed by atoms with van der Waals surface area (Å²) in [6.07, 6.45) is 0. The van der Waals surface area contributed by atoms with Crippen LogP contribution in [0, 0.1) is 0 Å². The second-order valence-electron chi connectivity index (χ2n) is 2.41. The van der Waals surface area contributed by atoms with Crippen LogP contribution in [0.25, 0.3) is 0 Å². The standard InChI is InChI=1S/C8H19NO5/c10-2-1-9-14-8-7-13-6-5-12-4-3-11/h9-11H,1-8H2. The van der Waals surface area contributed by atoms with E-state index in [0.29, 0.717) is 39.6 Å². The van der Waals surface area contributed by atoms with Crippen molar-refractivity contribution in [3.63, 3.8) is 0 Å². The summed E-state index contributed by atoms with van der Waals surface area (Å²) in [6.45, 7) is 2.72. The molecule has 0 saturated carbocycles. The van der Waals surface area contributed by atoms with Gasteiger partial charge in [0.25, 0.3) is 0 Å². The van der Waals surface area contributed by atoms with Crippen LogP contribution in [-0.4, -0.2) is 63.0 Å². The van der Waals surface area contributed by atoms with E-state index < -0.39 is 0 Å². The predicted octanol–water partition coefficient (Wildman–Crippen LogP) is -1.47. The molecule has 0 aliphatic heterocycles. The Morgan fingerprint density at radius 1 is 0.786 bits per heavy atom. The van der Waals surface area contributed by atoms with E-state index >= 15 is 0 Å². The molecule has 14 heavy (non-hydrogen) atoms. The Labute approximate surface area is 83.7 Å². The van der Waals surface area contributed by atoms with Gasteiger partial charge < -0.3 is 19.7 Å². The summed E-state index contributed by atoms with van der Waals surface area (Å²) in [7, 11) is 0. The highest BCUT2D eigenvalue weighted by molar-refractivity contribution is 4.32. The fraction of sp³-hybridized carbons (Fsp3) is 1.00. The smallest absolute Gasteiger partial charge is 0.0916 e. The number of rotatable bonds is 11. The molecule has 0 aromatic heterocycles. The number of ether oxygens (including phenoxy) is 2. The lowest BCUT2D eigenvalue weighted by Gasteiger charge is -2.05. The van der Waals surface area contributed by atoms with Gasteiger partial charge >= 0.3 is 0 Å². The van der Waals surface area contributed by atoms with Crippen molar-refractivity contribution < 1.29 is 24.5 Å². The molecule has 0 radical (unpaired) electrons. The van der Waals surface area contributed by atoms with Gasteiger partial charge in [-0.2, -0.15) is 0 Å². The van der Waals surface area contributed by atoms with Crippen molar-refractivity contribution in [3.8, 4) is 0 Å². The van der Waals surface area contributed by atoms with E-state index in [9.17, 15) is 0 Å². The molecule has 0 unspecified atom stereocenters. The van der Waals surface area contributed by atoms with Gasteiger partial charge in [0.05, 0.1) is 46.2 Å². The highest BCUT2D eigenvalue weighted by atomic mass is 16.7. The van der Waals surface area contributed by atoms with Crippen molar-refractivity contribution in [3.05, 3.63) is 0 Å². The zero-order valence-electron chi connectivity index (χ0n) is 8.28. The SMILES string of the molecule is OCCNOCCOCCOCCO. The molecule has 0 amide bonds. The fourth-order valence-electron chi connectivity index (χ4n) is 0.677. The molecule has 0 heterocycles. The number of hydrogen-bond acceptors (Lipinski definition) is 6. The number of nitrogens with one attached hydrogen (secondary N) is 1. The number of hydroxylamine groups is 1. The third-order valence-electron chi connectivity index (χ3n) is 1.25. The lowest BCUT2D eigenvalue weighted by molar-refractivity contribution is -0.0239. The van der Waals surface area contributed by atoms with Gasteiger partial charge in [0.15, 0.2) is 0 Å². The third kappa shape index (κ3) is 11.8. The summed E-state index contributed by atoms with van der Waals surface area (Å²) < 4.78 is 10.1. The highest BCUT2D eigenvalue weighted by Crippen LogP contribution is 1.78. The summed E-state index contributed by atoms with van der Waals surface area (Å²) in [4.78, 5) is 4.89. The van der Waals surface area contributed by atoms with Crippen molar-refractivity contribution in [2.75, 3.05) is 52.8 Å². The van der Waals surface area contributed by atoms with Crippen molar-refractivity contribution >= 4 is 0 Å². The van der Waals surface area contributed by atoms with Gasteiger partial charge in [-0.05, 0) is 0 Å². The lowest BCUT2D eigenvalue weighted by Crippen LogP contribution is -2.21. The molecule has 0 aromatic carbocycles. The molecule has 6 nitrogen and oxygen atoms in total. The van der Waals surface area contributed by atoms with Crippen molar-refractivity contribution in [1.29, 1.82) is 0 Å². The van der Waals surface area contributed by atoms with Gasteiger partial charge in [-0.3, -0.25) is 4.84 Å². The second kappa shape index (κ2) is 12.8. The summed E-state index contributed by atoms with van der Waals surface area (Å²) in [6, 6.07) is 0. The summed E-state index contributed by atoms with van der Waals surface area (Å²) in [5.41, 5.74) is 2.55. The molecule has 3 N–H and O–H groups in total. The third-order valence-corrected chi connectivity index (χ3v) is 1.25. The molecule has 0 aliphatic rings. The van der Waals surface area contributed by atoms with Gasteiger partial charge in [-0.25, -0.2) is 5.48 Å². The minimum atomic E-state index is 0.0359. The van der Waals surface area contributed by atoms with E-state index in [1.807, 2.05) is 0 Å². The van der Waals surface area contributed by atoms with Gasteiger partial charge in [-0.15, -0.1) is 0 Å². The van der Waals surface area contributed by atoms with Crippen LogP contribution in [0.5, 0.6) is 0 Å². The van der Waals surface area contributed by atoms with Crippen LogP contribution in [-0.2, 0) is 14.3 Å². The monoisotopic (exact) mass is 209 g/mol. The predicted molar refractivity (Wildman–Crippen MR) is 49.8 cm³/mol. The Morgan fingerprint density at radius 3 is 2.07 bits per heavy atom. The first-order valence-electron chi connectivity index (χ1n) is 4.63. The van der Waals surface area contributed by atoms with Gasteiger partial charge in [0.1, 0.15) is 0 Å².